The molecule has 1 aliphatic heterocycles. The van der Waals surface area contributed by atoms with E-state index >= 15 is 0 Å². The molecule has 1 fully saturated rings. The highest BCUT2D eigenvalue weighted by Gasteiger charge is 2.31. The van der Waals surface area contributed by atoms with Crippen molar-refractivity contribution < 1.29 is 4.39 Å². The SMILES string of the molecule is Fc1ccccc1CCn1c(C2CC2)nc2c1CCNC2. The number of benzene rings is 1. The number of nitrogens with one attached hydrogen (secondary N) is 1. The molecule has 0 bridgehead atoms. The number of hydrogen-bond acceptors (Lipinski definition) is 2. The van der Waals surface area contributed by atoms with Crippen molar-refractivity contribution in [3.05, 3.63) is 52.9 Å². The molecule has 0 atom stereocenters. The maximum atomic E-state index is 13.8. The van der Waals surface area contributed by atoms with Gasteiger partial charge in [-0.1, -0.05) is 18.2 Å². The van der Waals surface area contributed by atoms with Gasteiger partial charge in [-0.25, -0.2) is 9.37 Å². The third kappa shape index (κ3) is 2.48. The molecule has 1 N–H and O–H groups in total. The lowest BCUT2D eigenvalue weighted by molar-refractivity contribution is 0.560. The van der Waals surface area contributed by atoms with E-state index in [1.54, 1.807) is 12.1 Å². The summed E-state index contributed by atoms with van der Waals surface area (Å²) in [5, 5.41) is 3.39. The Hall–Kier alpha value is -1.68. The topological polar surface area (TPSA) is 29.9 Å². The first-order valence-electron chi connectivity index (χ1n) is 7.85. The summed E-state index contributed by atoms with van der Waals surface area (Å²) >= 11 is 0. The van der Waals surface area contributed by atoms with Gasteiger partial charge in [0.15, 0.2) is 0 Å². The lowest BCUT2D eigenvalue weighted by Gasteiger charge is -2.16. The van der Waals surface area contributed by atoms with Crippen molar-refractivity contribution in [2.24, 2.45) is 0 Å². The highest BCUT2D eigenvalue weighted by Crippen LogP contribution is 2.40. The number of hydrogen-bond donors (Lipinski definition) is 1. The minimum atomic E-state index is -0.0962. The van der Waals surface area contributed by atoms with Crippen molar-refractivity contribution in [2.75, 3.05) is 6.54 Å². The molecule has 1 aliphatic carbocycles. The van der Waals surface area contributed by atoms with E-state index in [0.717, 1.165) is 38.0 Å². The number of rotatable bonds is 4. The Morgan fingerprint density at radius 3 is 2.95 bits per heavy atom. The fourth-order valence-electron chi connectivity index (χ4n) is 3.23. The molecule has 4 rings (SSSR count). The van der Waals surface area contributed by atoms with Gasteiger partial charge in [0.05, 0.1) is 5.69 Å². The fourth-order valence-corrected chi connectivity index (χ4v) is 3.23. The molecule has 0 radical (unpaired) electrons. The van der Waals surface area contributed by atoms with Crippen molar-refractivity contribution in [1.82, 2.24) is 14.9 Å². The average Bonchev–Trinajstić information content (AvgIpc) is 3.28. The van der Waals surface area contributed by atoms with E-state index < -0.39 is 0 Å². The normalized spacial score (nSPS) is 17.8. The molecule has 0 unspecified atom stereocenters. The Morgan fingerprint density at radius 2 is 2.14 bits per heavy atom. The maximum absolute atomic E-state index is 13.8. The van der Waals surface area contributed by atoms with Gasteiger partial charge < -0.3 is 9.88 Å². The van der Waals surface area contributed by atoms with Crippen LogP contribution in [0.25, 0.3) is 0 Å². The molecule has 0 amide bonds. The molecule has 1 aromatic carbocycles. The smallest absolute Gasteiger partial charge is 0.126 e. The van der Waals surface area contributed by atoms with Gasteiger partial charge in [-0.15, -0.1) is 0 Å². The van der Waals surface area contributed by atoms with Gasteiger partial charge >= 0.3 is 0 Å². The average molecular weight is 285 g/mol. The minimum absolute atomic E-state index is 0.0962. The van der Waals surface area contributed by atoms with E-state index in [4.69, 9.17) is 4.98 Å². The lowest BCUT2D eigenvalue weighted by Crippen LogP contribution is -2.25. The zero-order valence-electron chi connectivity index (χ0n) is 12.1. The summed E-state index contributed by atoms with van der Waals surface area (Å²) in [5.74, 6) is 1.78. The third-order valence-corrected chi connectivity index (χ3v) is 4.52. The summed E-state index contributed by atoms with van der Waals surface area (Å²) in [7, 11) is 0. The standard InChI is InChI=1S/C17H20FN3/c18-14-4-2-1-3-12(14)8-10-21-16-7-9-19-11-15(16)20-17(21)13-5-6-13/h1-4,13,19H,5-11H2. The van der Waals surface area contributed by atoms with Gasteiger partial charge in [-0.2, -0.15) is 0 Å². The number of imidazole rings is 1. The second kappa shape index (κ2) is 5.26. The van der Waals surface area contributed by atoms with Gasteiger partial charge in [-0.05, 0) is 30.9 Å². The van der Waals surface area contributed by atoms with Gasteiger partial charge in [0, 0.05) is 37.7 Å². The summed E-state index contributed by atoms with van der Waals surface area (Å²) in [4.78, 5) is 4.85. The van der Waals surface area contributed by atoms with Crippen molar-refractivity contribution in [2.45, 2.75) is 44.7 Å². The zero-order valence-corrected chi connectivity index (χ0v) is 12.1. The Bertz CT molecular complexity index is 658. The maximum Gasteiger partial charge on any atom is 0.126 e. The van der Waals surface area contributed by atoms with Crippen LogP contribution < -0.4 is 5.32 Å². The molecule has 0 saturated heterocycles. The molecule has 4 heteroatoms. The molecule has 3 nitrogen and oxygen atoms in total. The number of halogens is 1. The van der Waals surface area contributed by atoms with E-state index in [-0.39, 0.29) is 5.82 Å². The Balaban J connectivity index is 1.62. The minimum Gasteiger partial charge on any atom is -0.331 e. The largest absolute Gasteiger partial charge is 0.331 e. The van der Waals surface area contributed by atoms with E-state index in [1.807, 2.05) is 12.1 Å². The molecule has 110 valence electrons. The predicted octanol–water partition coefficient (Wildman–Crippen LogP) is 2.79. The first-order valence-corrected chi connectivity index (χ1v) is 7.85. The number of aryl methyl sites for hydroxylation is 1. The Kier molecular flexibility index (Phi) is 3.26. The van der Waals surface area contributed by atoms with Crippen LogP contribution in [0.1, 0.15) is 41.5 Å². The predicted molar refractivity (Wildman–Crippen MR) is 79.7 cm³/mol. The molecule has 2 aromatic rings. The first kappa shape index (κ1) is 13.0. The highest BCUT2D eigenvalue weighted by atomic mass is 19.1. The van der Waals surface area contributed by atoms with Crippen LogP contribution in [0.5, 0.6) is 0 Å². The molecule has 1 saturated carbocycles. The van der Waals surface area contributed by atoms with Crippen LogP contribution in [-0.4, -0.2) is 16.1 Å². The van der Waals surface area contributed by atoms with Gasteiger partial charge in [0.1, 0.15) is 11.6 Å². The van der Waals surface area contributed by atoms with Crippen molar-refractivity contribution >= 4 is 0 Å². The van der Waals surface area contributed by atoms with E-state index in [0.29, 0.717) is 5.92 Å². The second-order valence-electron chi connectivity index (χ2n) is 6.06. The third-order valence-electron chi connectivity index (χ3n) is 4.52. The molecule has 21 heavy (non-hydrogen) atoms. The van der Waals surface area contributed by atoms with Crippen molar-refractivity contribution in [1.29, 1.82) is 0 Å². The Labute approximate surface area is 124 Å². The van der Waals surface area contributed by atoms with E-state index in [9.17, 15) is 4.39 Å². The van der Waals surface area contributed by atoms with Gasteiger partial charge in [-0.3, -0.25) is 0 Å². The molecule has 1 aromatic heterocycles. The van der Waals surface area contributed by atoms with Crippen LogP contribution in [0, 0.1) is 5.82 Å². The summed E-state index contributed by atoms with van der Waals surface area (Å²) in [6.45, 7) is 2.74. The molecule has 2 aliphatic rings. The van der Waals surface area contributed by atoms with E-state index in [2.05, 4.69) is 9.88 Å². The summed E-state index contributed by atoms with van der Waals surface area (Å²) < 4.78 is 16.2. The number of fused-ring (bicyclic) bond motifs is 1. The molecule has 0 spiro atoms. The quantitative estimate of drug-likeness (QED) is 0.936. The van der Waals surface area contributed by atoms with Crippen molar-refractivity contribution in [3.8, 4) is 0 Å². The molecule has 2 heterocycles. The number of nitrogens with zero attached hydrogens (tertiary/aromatic N) is 2. The second-order valence-corrected chi connectivity index (χ2v) is 6.06. The fraction of sp³-hybridized carbons (Fsp3) is 0.471. The van der Waals surface area contributed by atoms with Crippen LogP contribution in [0.3, 0.4) is 0 Å². The van der Waals surface area contributed by atoms with Crippen LogP contribution in [0.15, 0.2) is 24.3 Å². The zero-order chi connectivity index (χ0) is 14.2. The summed E-state index contributed by atoms with van der Waals surface area (Å²) in [6, 6.07) is 7.09. The van der Waals surface area contributed by atoms with Crippen LogP contribution >= 0.6 is 0 Å². The summed E-state index contributed by atoms with van der Waals surface area (Å²) in [5.41, 5.74) is 3.37. The van der Waals surface area contributed by atoms with Crippen LogP contribution in [0.2, 0.25) is 0 Å². The highest BCUT2D eigenvalue weighted by molar-refractivity contribution is 5.25. The molecular weight excluding hydrogens is 265 g/mol. The van der Waals surface area contributed by atoms with Crippen LogP contribution in [-0.2, 0) is 25.9 Å². The molecular formula is C17H20FN3. The Morgan fingerprint density at radius 1 is 1.29 bits per heavy atom. The number of aromatic nitrogens is 2. The van der Waals surface area contributed by atoms with Crippen LogP contribution in [0.4, 0.5) is 4.39 Å². The summed E-state index contributed by atoms with van der Waals surface area (Å²) in [6.07, 6.45) is 4.28. The monoisotopic (exact) mass is 285 g/mol. The van der Waals surface area contributed by atoms with Crippen molar-refractivity contribution in [3.63, 3.8) is 0 Å². The lowest BCUT2D eigenvalue weighted by atomic mass is 10.1. The van der Waals surface area contributed by atoms with Gasteiger partial charge in [0.25, 0.3) is 0 Å². The first-order chi connectivity index (χ1) is 10.3. The van der Waals surface area contributed by atoms with Gasteiger partial charge in [0.2, 0.25) is 0 Å². The van der Waals surface area contributed by atoms with E-state index in [1.165, 1.54) is 30.1 Å².